The van der Waals surface area contributed by atoms with Crippen LogP contribution in [0, 0.1) is 0 Å². The fourth-order valence-corrected chi connectivity index (χ4v) is 1.47. The Balaban J connectivity index is 2.42. The lowest BCUT2D eigenvalue weighted by atomic mass is 10.0. The summed E-state index contributed by atoms with van der Waals surface area (Å²) < 4.78 is 5.49. The lowest BCUT2D eigenvalue weighted by Gasteiger charge is -2.18. The van der Waals surface area contributed by atoms with E-state index in [1.807, 2.05) is 31.3 Å². The molecule has 1 aromatic carbocycles. The maximum absolute atomic E-state index is 5.49. The molecule has 1 aliphatic rings. The van der Waals surface area contributed by atoms with Gasteiger partial charge in [0.05, 0.1) is 12.3 Å². The van der Waals surface area contributed by atoms with E-state index < -0.39 is 0 Å². The van der Waals surface area contributed by atoms with Gasteiger partial charge in [-0.15, -0.1) is 0 Å². The predicted octanol–water partition coefficient (Wildman–Crippen LogP) is 1.39. The van der Waals surface area contributed by atoms with Gasteiger partial charge in [-0.2, -0.15) is 5.10 Å². The van der Waals surface area contributed by atoms with Crippen LogP contribution in [-0.2, 0) is 0 Å². The summed E-state index contributed by atoms with van der Waals surface area (Å²) in [7, 11) is 1.81. The number of nitrogens with one attached hydrogen (secondary N) is 1. The van der Waals surface area contributed by atoms with Crippen LogP contribution >= 0.6 is 0 Å². The average Bonchev–Trinajstić information content (AvgIpc) is 2.19. The summed E-state index contributed by atoms with van der Waals surface area (Å²) in [4.78, 5) is 0. The summed E-state index contributed by atoms with van der Waals surface area (Å²) >= 11 is 0. The summed E-state index contributed by atoms with van der Waals surface area (Å²) in [6.07, 6.45) is 0.873. The van der Waals surface area contributed by atoms with Gasteiger partial charge in [0.15, 0.2) is 0 Å². The molecule has 0 atom stereocenters. The highest BCUT2D eigenvalue weighted by molar-refractivity contribution is 6.03. The molecule has 1 aliphatic heterocycles. The van der Waals surface area contributed by atoms with Crippen LogP contribution in [0.5, 0.6) is 5.75 Å². The minimum absolute atomic E-state index is 0.720. The average molecular weight is 176 g/mol. The van der Waals surface area contributed by atoms with Gasteiger partial charge in [-0.1, -0.05) is 12.1 Å². The molecule has 1 aromatic rings. The van der Waals surface area contributed by atoms with Gasteiger partial charge in [0.1, 0.15) is 5.75 Å². The normalized spacial score (nSPS) is 17.8. The van der Waals surface area contributed by atoms with Crippen molar-refractivity contribution in [1.82, 2.24) is 5.43 Å². The Kier molecular flexibility index (Phi) is 2.17. The second kappa shape index (κ2) is 3.47. The first-order valence-corrected chi connectivity index (χ1v) is 4.37. The molecule has 3 heteroatoms. The van der Waals surface area contributed by atoms with Crippen molar-refractivity contribution in [3.63, 3.8) is 0 Å². The molecule has 13 heavy (non-hydrogen) atoms. The topological polar surface area (TPSA) is 33.6 Å². The molecule has 0 radical (unpaired) electrons. The molecule has 2 rings (SSSR count). The van der Waals surface area contributed by atoms with Gasteiger partial charge < -0.3 is 10.2 Å². The molecule has 0 spiro atoms. The lowest BCUT2D eigenvalue weighted by Crippen LogP contribution is -2.18. The second-order valence-corrected chi connectivity index (χ2v) is 2.88. The van der Waals surface area contributed by atoms with Crippen molar-refractivity contribution in [2.24, 2.45) is 5.10 Å². The quantitative estimate of drug-likeness (QED) is 0.656. The summed E-state index contributed by atoms with van der Waals surface area (Å²) in [5.74, 6) is 0.933. The third-order valence-corrected chi connectivity index (χ3v) is 2.04. The predicted molar refractivity (Wildman–Crippen MR) is 52.2 cm³/mol. The SMILES string of the molecule is CN/N=C1/CCOc2ccccc21. The number of ether oxygens (including phenoxy) is 1. The lowest BCUT2D eigenvalue weighted by molar-refractivity contribution is 0.320. The van der Waals surface area contributed by atoms with Crippen molar-refractivity contribution in [1.29, 1.82) is 0 Å². The number of rotatable bonds is 1. The van der Waals surface area contributed by atoms with Crippen LogP contribution in [0.3, 0.4) is 0 Å². The molecule has 1 N–H and O–H groups in total. The highest BCUT2D eigenvalue weighted by atomic mass is 16.5. The number of hydrogen-bond acceptors (Lipinski definition) is 3. The van der Waals surface area contributed by atoms with Crippen LogP contribution in [-0.4, -0.2) is 19.4 Å². The van der Waals surface area contributed by atoms with E-state index in [-0.39, 0.29) is 0 Å². The van der Waals surface area contributed by atoms with Gasteiger partial charge in [-0.05, 0) is 12.1 Å². The molecule has 68 valence electrons. The minimum atomic E-state index is 0.720. The molecule has 3 nitrogen and oxygen atoms in total. The molecule has 0 aromatic heterocycles. The third-order valence-electron chi connectivity index (χ3n) is 2.04. The molecule has 0 saturated carbocycles. The molecular formula is C10H12N2O. The Bertz CT molecular complexity index is 333. The van der Waals surface area contributed by atoms with Gasteiger partial charge in [-0.3, -0.25) is 0 Å². The van der Waals surface area contributed by atoms with Gasteiger partial charge >= 0.3 is 0 Å². The van der Waals surface area contributed by atoms with Crippen molar-refractivity contribution < 1.29 is 4.74 Å². The zero-order valence-electron chi connectivity index (χ0n) is 7.58. The Labute approximate surface area is 77.4 Å². The number of para-hydroxylation sites is 1. The smallest absolute Gasteiger partial charge is 0.128 e. The Morgan fingerprint density at radius 3 is 3.08 bits per heavy atom. The van der Waals surface area contributed by atoms with Crippen molar-refractivity contribution in [3.05, 3.63) is 29.8 Å². The van der Waals surface area contributed by atoms with E-state index in [2.05, 4.69) is 10.5 Å². The molecule has 0 bridgehead atoms. The van der Waals surface area contributed by atoms with E-state index in [0.29, 0.717) is 0 Å². The largest absolute Gasteiger partial charge is 0.492 e. The number of hydrogen-bond donors (Lipinski definition) is 1. The number of fused-ring (bicyclic) bond motifs is 1. The number of benzene rings is 1. The maximum Gasteiger partial charge on any atom is 0.128 e. The molecular weight excluding hydrogens is 164 g/mol. The minimum Gasteiger partial charge on any atom is -0.492 e. The maximum atomic E-state index is 5.49. The van der Waals surface area contributed by atoms with E-state index >= 15 is 0 Å². The number of nitrogens with zero attached hydrogens (tertiary/aromatic N) is 1. The molecule has 0 saturated heterocycles. The summed E-state index contributed by atoms with van der Waals surface area (Å²) in [5, 5.41) is 4.21. The second-order valence-electron chi connectivity index (χ2n) is 2.88. The van der Waals surface area contributed by atoms with Crippen molar-refractivity contribution in [2.45, 2.75) is 6.42 Å². The fourth-order valence-electron chi connectivity index (χ4n) is 1.47. The van der Waals surface area contributed by atoms with Crippen LogP contribution < -0.4 is 10.2 Å². The Morgan fingerprint density at radius 2 is 2.23 bits per heavy atom. The van der Waals surface area contributed by atoms with Crippen LogP contribution in [0.2, 0.25) is 0 Å². The monoisotopic (exact) mass is 176 g/mol. The number of hydrazone groups is 1. The van der Waals surface area contributed by atoms with Crippen molar-refractivity contribution in [3.8, 4) is 5.75 Å². The van der Waals surface area contributed by atoms with E-state index in [1.165, 1.54) is 0 Å². The molecule has 0 aliphatic carbocycles. The van der Waals surface area contributed by atoms with Gasteiger partial charge in [0.25, 0.3) is 0 Å². The van der Waals surface area contributed by atoms with Crippen LogP contribution in [0.25, 0.3) is 0 Å². The van der Waals surface area contributed by atoms with Crippen molar-refractivity contribution in [2.75, 3.05) is 13.7 Å². The fraction of sp³-hybridized carbons (Fsp3) is 0.300. The highest BCUT2D eigenvalue weighted by Crippen LogP contribution is 2.23. The van der Waals surface area contributed by atoms with E-state index in [4.69, 9.17) is 4.74 Å². The first-order valence-electron chi connectivity index (χ1n) is 4.37. The van der Waals surface area contributed by atoms with Gasteiger partial charge in [-0.25, -0.2) is 0 Å². The molecule has 0 unspecified atom stereocenters. The van der Waals surface area contributed by atoms with E-state index in [0.717, 1.165) is 30.1 Å². The van der Waals surface area contributed by atoms with Gasteiger partial charge in [0, 0.05) is 19.0 Å². The van der Waals surface area contributed by atoms with E-state index in [9.17, 15) is 0 Å². The zero-order chi connectivity index (χ0) is 9.10. The molecule has 1 heterocycles. The van der Waals surface area contributed by atoms with Crippen LogP contribution in [0.4, 0.5) is 0 Å². The third kappa shape index (κ3) is 1.49. The zero-order valence-corrected chi connectivity index (χ0v) is 7.58. The summed E-state index contributed by atoms with van der Waals surface area (Å²) in [6, 6.07) is 7.98. The van der Waals surface area contributed by atoms with Gasteiger partial charge in [0.2, 0.25) is 0 Å². The summed E-state index contributed by atoms with van der Waals surface area (Å²) in [6.45, 7) is 0.720. The Hall–Kier alpha value is -1.51. The highest BCUT2D eigenvalue weighted by Gasteiger charge is 2.15. The first kappa shape index (κ1) is 8.10. The van der Waals surface area contributed by atoms with E-state index in [1.54, 1.807) is 0 Å². The Morgan fingerprint density at radius 1 is 1.38 bits per heavy atom. The first-order chi connectivity index (χ1) is 6.42. The van der Waals surface area contributed by atoms with Crippen LogP contribution in [0.15, 0.2) is 29.4 Å². The standard InChI is InChI=1S/C10H12N2O/c1-11-12-9-6-7-13-10-5-3-2-4-8(9)10/h2-5,11H,6-7H2,1H3/b12-9-. The molecule has 0 fully saturated rings. The summed E-state index contributed by atoms with van der Waals surface area (Å²) in [5.41, 5.74) is 4.98. The van der Waals surface area contributed by atoms with Crippen molar-refractivity contribution >= 4 is 5.71 Å². The molecule has 0 amide bonds. The van der Waals surface area contributed by atoms with Crippen LogP contribution in [0.1, 0.15) is 12.0 Å².